The van der Waals surface area contributed by atoms with Crippen LogP contribution in [0.1, 0.15) is 20.7 Å². The first-order valence-corrected chi connectivity index (χ1v) is 10.8. The lowest BCUT2D eigenvalue weighted by molar-refractivity contribution is 0.0691. The van der Waals surface area contributed by atoms with Crippen molar-refractivity contribution >= 4 is 44.9 Å². The third-order valence-corrected chi connectivity index (χ3v) is 6.14. The first-order valence-electron chi connectivity index (χ1n) is 8.92. The van der Waals surface area contributed by atoms with Crippen molar-refractivity contribution in [1.82, 2.24) is 0 Å². The van der Waals surface area contributed by atoms with E-state index in [1.807, 2.05) is 0 Å². The minimum absolute atomic E-state index is 0.0106. The van der Waals surface area contributed by atoms with Crippen molar-refractivity contribution in [2.75, 3.05) is 17.1 Å². The van der Waals surface area contributed by atoms with Crippen LogP contribution in [0.3, 0.4) is 0 Å². The fourth-order valence-electron chi connectivity index (χ4n) is 2.74. The molecule has 3 aromatic carbocycles. The Kier molecular flexibility index (Phi) is 6.66. The number of rotatable bonds is 7. The lowest BCUT2D eigenvalue weighted by Gasteiger charge is -2.14. The zero-order chi connectivity index (χ0) is 23.5. The number of aromatic carboxylic acids is 1. The molecule has 166 valence electrons. The number of halogens is 2. The topological polar surface area (TPSA) is 122 Å². The maximum absolute atomic E-state index is 13.8. The fourth-order valence-corrected chi connectivity index (χ4v) is 4.36. The summed E-state index contributed by atoms with van der Waals surface area (Å²) in [5, 5.41) is 11.2. The highest BCUT2D eigenvalue weighted by Crippen LogP contribution is 2.28. The summed E-state index contributed by atoms with van der Waals surface area (Å²) in [6.45, 7) is 0. The number of nitrogens with one attached hydrogen (secondary N) is 2. The van der Waals surface area contributed by atoms with E-state index in [9.17, 15) is 22.4 Å². The van der Waals surface area contributed by atoms with Crippen LogP contribution in [-0.2, 0) is 10.0 Å². The average molecular weight is 479 g/mol. The second-order valence-corrected chi connectivity index (χ2v) is 8.46. The molecule has 32 heavy (non-hydrogen) atoms. The van der Waals surface area contributed by atoms with Gasteiger partial charge in [0.2, 0.25) is 0 Å². The second kappa shape index (κ2) is 9.25. The largest absolute Gasteiger partial charge is 0.497 e. The molecule has 0 radical (unpaired) electrons. The number of hydrogen-bond acceptors (Lipinski definition) is 5. The molecule has 0 aliphatic carbocycles. The molecule has 0 saturated heterocycles. The van der Waals surface area contributed by atoms with E-state index >= 15 is 0 Å². The van der Waals surface area contributed by atoms with Gasteiger partial charge in [0.1, 0.15) is 16.5 Å². The van der Waals surface area contributed by atoms with Crippen LogP contribution in [0, 0.1) is 5.82 Å². The van der Waals surface area contributed by atoms with Gasteiger partial charge < -0.3 is 15.2 Å². The molecule has 3 N–H and O–H groups in total. The van der Waals surface area contributed by atoms with Crippen molar-refractivity contribution in [3.05, 3.63) is 82.6 Å². The molecule has 0 atom stereocenters. The zero-order valence-corrected chi connectivity index (χ0v) is 18.0. The molecule has 0 aliphatic heterocycles. The number of ether oxygens (including phenoxy) is 1. The molecule has 0 heterocycles. The number of sulfonamides is 1. The summed E-state index contributed by atoms with van der Waals surface area (Å²) < 4.78 is 46.8. The standard InChI is InChI=1S/C21H16ClFN2O6S/c1-31-13-8-6-12(7-9-13)24-20(26)14-4-2-3-5-18(14)25-32(29,30)19-10-15(21(27)28)17(23)11-16(19)22/h2-11,25H,1H3,(H,24,26)(H,27,28). The van der Waals surface area contributed by atoms with Gasteiger partial charge in [-0.3, -0.25) is 9.52 Å². The Bertz CT molecular complexity index is 1300. The maximum Gasteiger partial charge on any atom is 0.338 e. The van der Waals surface area contributed by atoms with Gasteiger partial charge in [-0.05, 0) is 48.5 Å². The van der Waals surface area contributed by atoms with Gasteiger partial charge in [0.15, 0.2) is 0 Å². The number of carbonyl (C=O) groups is 2. The minimum Gasteiger partial charge on any atom is -0.497 e. The molecule has 3 rings (SSSR count). The normalized spacial score (nSPS) is 11.0. The van der Waals surface area contributed by atoms with Gasteiger partial charge in [0.05, 0.1) is 28.9 Å². The molecule has 0 fully saturated rings. The zero-order valence-electron chi connectivity index (χ0n) is 16.4. The van der Waals surface area contributed by atoms with Crippen molar-refractivity contribution in [2.45, 2.75) is 4.90 Å². The second-order valence-electron chi connectivity index (χ2n) is 6.40. The molecule has 3 aromatic rings. The smallest absolute Gasteiger partial charge is 0.338 e. The quantitative estimate of drug-likeness (QED) is 0.467. The highest BCUT2D eigenvalue weighted by molar-refractivity contribution is 7.92. The summed E-state index contributed by atoms with van der Waals surface area (Å²) in [6.07, 6.45) is 0. The Hall–Kier alpha value is -3.63. The number of amides is 1. The van der Waals surface area contributed by atoms with Gasteiger partial charge in [-0.2, -0.15) is 0 Å². The summed E-state index contributed by atoms with van der Waals surface area (Å²) in [5.74, 6) is -2.85. The van der Waals surface area contributed by atoms with Crippen molar-refractivity contribution in [3.63, 3.8) is 0 Å². The highest BCUT2D eigenvalue weighted by Gasteiger charge is 2.25. The van der Waals surface area contributed by atoms with Gasteiger partial charge in [-0.1, -0.05) is 23.7 Å². The van der Waals surface area contributed by atoms with Crippen molar-refractivity contribution in [3.8, 4) is 5.75 Å². The minimum atomic E-state index is -4.46. The molecule has 0 saturated carbocycles. The maximum atomic E-state index is 13.8. The predicted octanol–water partition coefficient (Wildman–Crippen LogP) is 4.24. The average Bonchev–Trinajstić information content (AvgIpc) is 2.73. The molecule has 11 heteroatoms. The molecule has 1 amide bonds. The van der Waals surface area contributed by atoms with E-state index in [1.165, 1.54) is 31.4 Å². The molecule has 0 unspecified atom stereocenters. The number of methoxy groups -OCH3 is 1. The molecule has 0 bridgehead atoms. The lowest BCUT2D eigenvalue weighted by atomic mass is 10.1. The van der Waals surface area contributed by atoms with E-state index in [0.717, 1.165) is 0 Å². The van der Waals surface area contributed by atoms with Crippen LogP contribution in [0.15, 0.2) is 65.6 Å². The third kappa shape index (κ3) is 4.98. The van der Waals surface area contributed by atoms with Crippen LogP contribution < -0.4 is 14.8 Å². The van der Waals surface area contributed by atoms with E-state index in [2.05, 4.69) is 10.0 Å². The van der Waals surface area contributed by atoms with Gasteiger partial charge in [-0.15, -0.1) is 0 Å². The van der Waals surface area contributed by atoms with Gasteiger partial charge in [0.25, 0.3) is 15.9 Å². The van der Waals surface area contributed by atoms with Gasteiger partial charge in [-0.25, -0.2) is 17.6 Å². The number of benzene rings is 3. The van der Waals surface area contributed by atoms with Crippen molar-refractivity contribution < 1.29 is 32.2 Å². The molecular formula is C21H16ClFN2O6S. The predicted molar refractivity (Wildman–Crippen MR) is 117 cm³/mol. The summed E-state index contributed by atoms with van der Waals surface area (Å²) in [4.78, 5) is 23.3. The first-order chi connectivity index (χ1) is 15.1. The number of carboxylic acid groups (broad SMARTS) is 1. The number of carbonyl (C=O) groups excluding carboxylic acids is 1. The van der Waals surface area contributed by atoms with Crippen LogP contribution in [0.5, 0.6) is 5.75 Å². The monoisotopic (exact) mass is 478 g/mol. The van der Waals surface area contributed by atoms with Crippen LogP contribution in [0.25, 0.3) is 0 Å². The summed E-state index contributed by atoms with van der Waals surface area (Å²) >= 11 is 5.85. The Morgan fingerprint density at radius 2 is 1.69 bits per heavy atom. The summed E-state index contributed by atoms with van der Waals surface area (Å²) in [6, 6.07) is 13.5. The number of hydrogen-bond donors (Lipinski definition) is 3. The van der Waals surface area contributed by atoms with Gasteiger partial charge in [0, 0.05) is 5.69 Å². The van der Waals surface area contributed by atoms with Crippen LogP contribution >= 0.6 is 11.6 Å². The fraction of sp³-hybridized carbons (Fsp3) is 0.0476. The van der Waals surface area contributed by atoms with E-state index in [0.29, 0.717) is 23.6 Å². The Morgan fingerprint density at radius 3 is 2.31 bits per heavy atom. The van der Waals surface area contributed by atoms with Crippen LogP contribution in [0.4, 0.5) is 15.8 Å². The Morgan fingerprint density at radius 1 is 1.03 bits per heavy atom. The molecule has 0 aromatic heterocycles. The Labute approximate surface area is 187 Å². The lowest BCUT2D eigenvalue weighted by Crippen LogP contribution is -2.19. The van der Waals surface area contributed by atoms with Crippen LogP contribution in [0.2, 0.25) is 5.02 Å². The number of anilines is 2. The van der Waals surface area contributed by atoms with E-state index < -0.39 is 43.2 Å². The van der Waals surface area contributed by atoms with Gasteiger partial charge >= 0.3 is 5.97 Å². The van der Waals surface area contributed by atoms with E-state index in [-0.39, 0.29) is 11.3 Å². The van der Waals surface area contributed by atoms with Crippen molar-refractivity contribution in [2.24, 2.45) is 0 Å². The first kappa shape index (κ1) is 23.0. The number of para-hydroxylation sites is 1. The SMILES string of the molecule is COc1ccc(NC(=O)c2ccccc2NS(=O)(=O)c2cc(C(=O)O)c(F)cc2Cl)cc1. The van der Waals surface area contributed by atoms with Crippen molar-refractivity contribution in [1.29, 1.82) is 0 Å². The Balaban J connectivity index is 1.92. The van der Waals surface area contributed by atoms with Crippen LogP contribution in [-0.4, -0.2) is 32.5 Å². The molecule has 0 spiro atoms. The number of carboxylic acids is 1. The molecule has 8 nitrogen and oxygen atoms in total. The molecule has 0 aliphatic rings. The molecular weight excluding hydrogens is 463 g/mol. The van der Waals surface area contributed by atoms with E-state index in [4.69, 9.17) is 21.4 Å². The third-order valence-electron chi connectivity index (χ3n) is 4.31. The highest BCUT2D eigenvalue weighted by atomic mass is 35.5. The summed E-state index contributed by atoms with van der Waals surface area (Å²) in [5.41, 5.74) is -0.513. The summed E-state index contributed by atoms with van der Waals surface area (Å²) in [7, 11) is -2.96. The van der Waals surface area contributed by atoms with E-state index in [1.54, 1.807) is 24.3 Å².